The van der Waals surface area contributed by atoms with Gasteiger partial charge in [-0.3, -0.25) is 4.79 Å². The minimum Gasteiger partial charge on any atom is -0.465 e. The molecule has 1 fully saturated rings. The normalized spacial score (nSPS) is 17.9. The van der Waals surface area contributed by atoms with E-state index in [1.54, 1.807) is 17.5 Å². The number of carbonyl (C=O) groups is 2. The second kappa shape index (κ2) is 8.60. The fourth-order valence-electron chi connectivity index (χ4n) is 3.01. The molecule has 1 saturated heterocycles. The number of hydrogen-bond acceptors (Lipinski definition) is 6. The second-order valence-electron chi connectivity index (χ2n) is 6.31. The first kappa shape index (κ1) is 20.8. The third-order valence-electron chi connectivity index (χ3n) is 4.49. The van der Waals surface area contributed by atoms with Gasteiger partial charge in [0.2, 0.25) is 5.91 Å². The molecule has 1 aromatic heterocycles. The number of halogens is 1. The standard InChI is InChI=1S/C18H19ClN2O5S2/c1-26-18(23)12-6-7-14(19)15(10-12)20-17(22)13-4-2-8-21(11-13)28(24,25)16-5-3-9-27-16/h3,5-7,9-10,13H,2,4,8,11H2,1H3,(H,20,22). The van der Waals surface area contributed by atoms with Crippen molar-refractivity contribution in [3.63, 3.8) is 0 Å². The third kappa shape index (κ3) is 4.38. The summed E-state index contributed by atoms with van der Waals surface area (Å²) in [7, 11) is -2.34. The molecule has 150 valence electrons. The largest absolute Gasteiger partial charge is 0.465 e. The van der Waals surface area contributed by atoms with Crippen molar-refractivity contribution in [2.24, 2.45) is 5.92 Å². The highest BCUT2D eigenvalue weighted by Crippen LogP contribution is 2.28. The second-order valence-corrected chi connectivity index (χ2v) is 9.83. The van der Waals surface area contributed by atoms with E-state index < -0.39 is 21.9 Å². The maximum absolute atomic E-state index is 12.7. The number of piperidine rings is 1. The van der Waals surface area contributed by atoms with E-state index in [4.69, 9.17) is 11.6 Å². The summed E-state index contributed by atoms with van der Waals surface area (Å²) in [5, 5.41) is 4.69. The molecule has 1 aliphatic heterocycles. The van der Waals surface area contributed by atoms with Crippen LogP contribution in [0.15, 0.2) is 39.9 Å². The molecule has 7 nitrogen and oxygen atoms in total. The van der Waals surface area contributed by atoms with Crippen LogP contribution in [0.4, 0.5) is 5.69 Å². The first-order valence-electron chi connectivity index (χ1n) is 8.55. The van der Waals surface area contributed by atoms with E-state index in [2.05, 4.69) is 10.1 Å². The number of nitrogens with zero attached hydrogens (tertiary/aromatic N) is 1. The summed E-state index contributed by atoms with van der Waals surface area (Å²) in [4.78, 5) is 24.4. The molecule has 1 atom stereocenters. The van der Waals surface area contributed by atoms with E-state index in [9.17, 15) is 18.0 Å². The van der Waals surface area contributed by atoms with Crippen molar-refractivity contribution in [3.8, 4) is 0 Å². The molecule has 1 aliphatic rings. The number of esters is 1. The topological polar surface area (TPSA) is 92.8 Å². The average molecular weight is 443 g/mol. The molecular weight excluding hydrogens is 424 g/mol. The summed E-state index contributed by atoms with van der Waals surface area (Å²) < 4.78 is 31.7. The maximum Gasteiger partial charge on any atom is 0.337 e. The van der Waals surface area contributed by atoms with E-state index in [-0.39, 0.29) is 32.9 Å². The van der Waals surface area contributed by atoms with Gasteiger partial charge in [0.25, 0.3) is 10.0 Å². The van der Waals surface area contributed by atoms with Crippen LogP contribution in [0.1, 0.15) is 23.2 Å². The zero-order valence-corrected chi connectivity index (χ0v) is 17.4. The van der Waals surface area contributed by atoms with Gasteiger partial charge >= 0.3 is 5.97 Å². The highest BCUT2D eigenvalue weighted by atomic mass is 35.5. The monoisotopic (exact) mass is 442 g/mol. The molecule has 0 radical (unpaired) electrons. The molecule has 1 N–H and O–H groups in total. The summed E-state index contributed by atoms with van der Waals surface area (Å²) in [6, 6.07) is 7.68. The molecule has 3 rings (SSSR count). The molecule has 1 amide bonds. The van der Waals surface area contributed by atoms with Crippen molar-refractivity contribution in [2.75, 3.05) is 25.5 Å². The number of hydrogen-bond donors (Lipinski definition) is 1. The Morgan fingerprint density at radius 2 is 2.11 bits per heavy atom. The van der Waals surface area contributed by atoms with E-state index in [0.717, 1.165) is 11.3 Å². The van der Waals surface area contributed by atoms with Gasteiger partial charge in [0, 0.05) is 13.1 Å². The fourth-order valence-corrected chi connectivity index (χ4v) is 5.85. The highest BCUT2D eigenvalue weighted by molar-refractivity contribution is 7.91. The summed E-state index contributed by atoms with van der Waals surface area (Å²) in [6.45, 7) is 0.475. The van der Waals surface area contributed by atoms with Gasteiger partial charge in [-0.25, -0.2) is 13.2 Å². The van der Waals surface area contributed by atoms with Gasteiger partial charge in [0.15, 0.2) is 0 Å². The Balaban J connectivity index is 1.74. The number of rotatable bonds is 5. The number of benzene rings is 1. The van der Waals surface area contributed by atoms with Crippen LogP contribution in [0.25, 0.3) is 0 Å². The molecule has 2 heterocycles. The predicted octanol–water partition coefficient (Wildman–Crippen LogP) is 3.23. The van der Waals surface area contributed by atoms with Gasteiger partial charge in [0.1, 0.15) is 4.21 Å². The van der Waals surface area contributed by atoms with Crippen molar-refractivity contribution in [1.29, 1.82) is 0 Å². The van der Waals surface area contributed by atoms with Crippen molar-refractivity contribution in [2.45, 2.75) is 17.1 Å². The minimum atomic E-state index is -3.60. The molecule has 1 unspecified atom stereocenters. The van der Waals surface area contributed by atoms with Crippen LogP contribution in [-0.2, 0) is 19.6 Å². The van der Waals surface area contributed by atoms with E-state index in [0.29, 0.717) is 19.4 Å². The molecule has 0 spiro atoms. The van der Waals surface area contributed by atoms with Gasteiger partial charge in [-0.15, -0.1) is 11.3 Å². The van der Waals surface area contributed by atoms with E-state index >= 15 is 0 Å². The van der Waals surface area contributed by atoms with Gasteiger partial charge < -0.3 is 10.1 Å². The molecule has 1 aromatic carbocycles. The zero-order chi connectivity index (χ0) is 20.3. The number of sulfonamides is 1. The molecule has 2 aromatic rings. The third-order valence-corrected chi connectivity index (χ3v) is 8.06. The lowest BCUT2D eigenvalue weighted by molar-refractivity contribution is -0.120. The lowest BCUT2D eigenvalue weighted by atomic mass is 9.98. The molecule has 28 heavy (non-hydrogen) atoms. The van der Waals surface area contributed by atoms with Gasteiger partial charge in [-0.1, -0.05) is 17.7 Å². The Hall–Kier alpha value is -1.94. The highest BCUT2D eigenvalue weighted by Gasteiger charge is 2.34. The lowest BCUT2D eigenvalue weighted by Crippen LogP contribution is -2.43. The van der Waals surface area contributed by atoms with Gasteiger partial charge in [0.05, 0.1) is 29.3 Å². The number of ether oxygens (including phenoxy) is 1. The summed E-state index contributed by atoms with van der Waals surface area (Å²) in [6.07, 6.45) is 1.15. The number of thiophene rings is 1. The first-order valence-corrected chi connectivity index (χ1v) is 11.2. The van der Waals surface area contributed by atoms with Gasteiger partial charge in [-0.2, -0.15) is 4.31 Å². The summed E-state index contributed by atoms with van der Waals surface area (Å²) in [5.41, 5.74) is 0.542. The van der Waals surface area contributed by atoms with Crippen molar-refractivity contribution >= 4 is 50.5 Å². The molecular formula is C18H19ClN2O5S2. The number of amides is 1. The van der Waals surface area contributed by atoms with Crippen LogP contribution in [-0.4, -0.2) is 44.8 Å². The van der Waals surface area contributed by atoms with Crippen LogP contribution in [0.3, 0.4) is 0 Å². The van der Waals surface area contributed by atoms with Crippen LogP contribution < -0.4 is 5.32 Å². The van der Waals surface area contributed by atoms with E-state index in [1.807, 2.05) is 0 Å². The number of methoxy groups -OCH3 is 1. The van der Waals surface area contributed by atoms with E-state index in [1.165, 1.54) is 29.6 Å². The predicted molar refractivity (Wildman–Crippen MR) is 107 cm³/mol. The van der Waals surface area contributed by atoms with Crippen LogP contribution >= 0.6 is 22.9 Å². The zero-order valence-electron chi connectivity index (χ0n) is 15.1. The Morgan fingerprint density at radius 1 is 1.32 bits per heavy atom. The molecule has 10 heteroatoms. The first-order chi connectivity index (χ1) is 13.3. The Bertz CT molecular complexity index is 976. The number of anilines is 1. The van der Waals surface area contributed by atoms with Crippen LogP contribution in [0.5, 0.6) is 0 Å². The van der Waals surface area contributed by atoms with Crippen LogP contribution in [0.2, 0.25) is 5.02 Å². The minimum absolute atomic E-state index is 0.0976. The lowest BCUT2D eigenvalue weighted by Gasteiger charge is -2.30. The van der Waals surface area contributed by atoms with Crippen LogP contribution in [0, 0.1) is 5.92 Å². The summed E-state index contributed by atoms with van der Waals surface area (Å²) >= 11 is 7.28. The fraction of sp³-hybridized carbons (Fsp3) is 0.333. The smallest absolute Gasteiger partial charge is 0.337 e. The van der Waals surface area contributed by atoms with Gasteiger partial charge in [-0.05, 0) is 42.5 Å². The molecule has 0 aliphatic carbocycles. The molecule has 0 bridgehead atoms. The van der Waals surface area contributed by atoms with Crippen molar-refractivity contribution in [3.05, 3.63) is 46.3 Å². The Labute approximate surface area is 172 Å². The quantitative estimate of drug-likeness (QED) is 0.717. The molecule has 0 saturated carbocycles. The Kier molecular flexibility index (Phi) is 6.39. The van der Waals surface area contributed by atoms with Crippen molar-refractivity contribution < 1.29 is 22.7 Å². The number of carbonyl (C=O) groups excluding carboxylic acids is 2. The maximum atomic E-state index is 12.7. The number of nitrogens with one attached hydrogen (secondary N) is 1. The average Bonchev–Trinajstić information content (AvgIpc) is 3.25. The SMILES string of the molecule is COC(=O)c1ccc(Cl)c(NC(=O)C2CCCN(S(=O)(=O)c3cccs3)C2)c1. The Morgan fingerprint density at radius 3 is 2.79 bits per heavy atom. The van der Waals surface area contributed by atoms with Crippen molar-refractivity contribution in [1.82, 2.24) is 4.31 Å². The summed E-state index contributed by atoms with van der Waals surface area (Å²) in [5.74, 6) is -1.39.